The lowest BCUT2D eigenvalue weighted by Crippen LogP contribution is -2.06. The number of alkyl halides is 3. The third kappa shape index (κ3) is 3.05. The van der Waals surface area contributed by atoms with Crippen LogP contribution in [-0.4, -0.2) is 36.8 Å². The van der Waals surface area contributed by atoms with Gasteiger partial charge in [0.25, 0.3) is 0 Å². The van der Waals surface area contributed by atoms with Gasteiger partial charge in [-0.3, -0.25) is 9.55 Å². The van der Waals surface area contributed by atoms with Crippen molar-refractivity contribution >= 4 is 11.2 Å². The predicted molar refractivity (Wildman–Crippen MR) is 89.2 cm³/mol. The van der Waals surface area contributed by atoms with Crippen molar-refractivity contribution in [3.05, 3.63) is 54.4 Å². The van der Waals surface area contributed by atoms with E-state index in [0.29, 0.717) is 23.2 Å². The van der Waals surface area contributed by atoms with Crippen LogP contribution in [0.25, 0.3) is 28.5 Å². The highest BCUT2D eigenvalue weighted by Gasteiger charge is 2.32. The van der Waals surface area contributed by atoms with Gasteiger partial charge in [-0.15, -0.1) is 10.2 Å². The van der Waals surface area contributed by atoms with Gasteiger partial charge in [0.15, 0.2) is 17.3 Å². The number of aromatic nitrogens is 6. The fourth-order valence-electron chi connectivity index (χ4n) is 2.54. The average Bonchev–Trinajstić information content (AvgIpc) is 3.07. The van der Waals surface area contributed by atoms with Crippen molar-refractivity contribution in [3.63, 3.8) is 0 Å². The van der Waals surface area contributed by atoms with Crippen molar-refractivity contribution in [3.8, 4) is 23.2 Å². The second-order valence-electron chi connectivity index (χ2n) is 5.48. The molecule has 0 aliphatic carbocycles. The minimum Gasteiger partial charge on any atom is -0.480 e. The van der Waals surface area contributed by atoms with Gasteiger partial charge in [-0.2, -0.15) is 13.2 Å². The van der Waals surface area contributed by atoms with Crippen LogP contribution in [0, 0.1) is 0 Å². The summed E-state index contributed by atoms with van der Waals surface area (Å²) >= 11 is 0. The van der Waals surface area contributed by atoms with E-state index in [0.717, 1.165) is 12.3 Å². The molecule has 0 fully saturated rings. The van der Waals surface area contributed by atoms with Crippen molar-refractivity contribution in [1.29, 1.82) is 0 Å². The molecule has 0 radical (unpaired) electrons. The van der Waals surface area contributed by atoms with Crippen molar-refractivity contribution in [2.24, 2.45) is 0 Å². The Kier molecular flexibility index (Phi) is 3.94. The number of hydrogen-bond donors (Lipinski definition) is 0. The highest BCUT2D eigenvalue weighted by molar-refractivity contribution is 5.79. The van der Waals surface area contributed by atoms with Crippen LogP contribution in [0.4, 0.5) is 13.2 Å². The SMILES string of the molecule is COc1ccc(-n2c(-c3ccccn3)nc3cc(C(F)(F)F)cnc32)nn1. The number of ether oxygens (including phenoxy) is 1. The molecule has 4 aromatic rings. The van der Waals surface area contributed by atoms with E-state index in [1.165, 1.54) is 11.7 Å². The molecule has 0 saturated carbocycles. The number of rotatable bonds is 3. The lowest BCUT2D eigenvalue weighted by atomic mass is 10.2. The van der Waals surface area contributed by atoms with Gasteiger partial charge in [0.1, 0.15) is 11.2 Å². The maximum atomic E-state index is 13.0. The largest absolute Gasteiger partial charge is 0.480 e. The monoisotopic (exact) mass is 372 g/mol. The maximum Gasteiger partial charge on any atom is 0.417 e. The highest BCUT2D eigenvalue weighted by Crippen LogP contribution is 2.32. The molecule has 0 saturated heterocycles. The summed E-state index contributed by atoms with van der Waals surface area (Å²) in [6.07, 6.45) is -2.19. The molecule has 0 atom stereocenters. The zero-order valence-electron chi connectivity index (χ0n) is 13.8. The molecule has 0 spiro atoms. The first-order chi connectivity index (χ1) is 13.0. The Balaban J connectivity index is 1.98. The number of hydrogen-bond acceptors (Lipinski definition) is 6. The standard InChI is InChI=1S/C17H11F3N6O/c1-27-14-6-5-13(24-25-14)26-15-12(8-10(9-22-15)17(18,19)20)23-16(26)11-4-2-3-7-21-11/h2-9H,1H3. The van der Waals surface area contributed by atoms with E-state index in [9.17, 15) is 13.2 Å². The third-order valence-corrected chi connectivity index (χ3v) is 3.78. The second-order valence-corrected chi connectivity index (χ2v) is 5.48. The number of nitrogens with zero attached hydrogens (tertiary/aromatic N) is 6. The molecule has 4 aromatic heterocycles. The Morgan fingerprint density at radius 2 is 1.89 bits per heavy atom. The Labute approximate surface area is 150 Å². The number of methoxy groups -OCH3 is 1. The van der Waals surface area contributed by atoms with E-state index >= 15 is 0 Å². The van der Waals surface area contributed by atoms with Gasteiger partial charge in [0, 0.05) is 18.5 Å². The Morgan fingerprint density at radius 1 is 1.04 bits per heavy atom. The first kappa shape index (κ1) is 16.9. The van der Waals surface area contributed by atoms with E-state index in [1.54, 1.807) is 36.5 Å². The topological polar surface area (TPSA) is 78.6 Å². The normalized spacial score (nSPS) is 11.7. The van der Waals surface area contributed by atoms with Gasteiger partial charge in [0.05, 0.1) is 12.7 Å². The number of pyridine rings is 2. The van der Waals surface area contributed by atoms with Crippen LogP contribution in [0.2, 0.25) is 0 Å². The minimum absolute atomic E-state index is 0.0723. The summed E-state index contributed by atoms with van der Waals surface area (Å²) in [6.45, 7) is 0. The molecule has 0 aromatic carbocycles. The summed E-state index contributed by atoms with van der Waals surface area (Å²) in [6, 6.07) is 9.31. The van der Waals surface area contributed by atoms with Gasteiger partial charge in [-0.05, 0) is 24.3 Å². The first-order valence-electron chi connectivity index (χ1n) is 7.72. The third-order valence-electron chi connectivity index (χ3n) is 3.78. The van der Waals surface area contributed by atoms with Crippen LogP contribution in [0.3, 0.4) is 0 Å². The summed E-state index contributed by atoms with van der Waals surface area (Å²) in [5.41, 5.74) is -0.138. The zero-order valence-corrected chi connectivity index (χ0v) is 13.8. The molecule has 0 aliphatic rings. The van der Waals surface area contributed by atoms with Crippen molar-refractivity contribution in [2.45, 2.75) is 6.18 Å². The average molecular weight is 372 g/mol. The zero-order chi connectivity index (χ0) is 19.0. The molecule has 0 N–H and O–H groups in total. The van der Waals surface area contributed by atoms with E-state index in [4.69, 9.17) is 4.74 Å². The lowest BCUT2D eigenvalue weighted by molar-refractivity contribution is -0.137. The number of fused-ring (bicyclic) bond motifs is 1. The summed E-state index contributed by atoms with van der Waals surface area (Å²) < 4.78 is 45.6. The fourth-order valence-corrected chi connectivity index (χ4v) is 2.54. The van der Waals surface area contributed by atoms with Crippen LogP contribution in [-0.2, 0) is 6.18 Å². The molecule has 0 amide bonds. The molecule has 10 heteroatoms. The molecular formula is C17H11F3N6O. The maximum absolute atomic E-state index is 13.0. The van der Waals surface area contributed by atoms with Crippen molar-refractivity contribution < 1.29 is 17.9 Å². The Morgan fingerprint density at radius 3 is 2.52 bits per heavy atom. The van der Waals surface area contributed by atoms with Gasteiger partial charge < -0.3 is 4.74 Å². The molecule has 0 bridgehead atoms. The van der Waals surface area contributed by atoms with E-state index in [-0.39, 0.29) is 11.2 Å². The minimum atomic E-state index is -4.52. The molecule has 4 heterocycles. The van der Waals surface area contributed by atoms with Gasteiger partial charge in [0.2, 0.25) is 5.88 Å². The summed E-state index contributed by atoms with van der Waals surface area (Å²) in [4.78, 5) is 12.5. The van der Waals surface area contributed by atoms with Crippen LogP contribution < -0.4 is 4.74 Å². The molecule has 7 nitrogen and oxygen atoms in total. The summed E-state index contributed by atoms with van der Waals surface area (Å²) in [5, 5.41) is 7.96. The van der Waals surface area contributed by atoms with Crippen LogP contribution in [0.1, 0.15) is 5.56 Å². The van der Waals surface area contributed by atoms with Gasteiger partial charge in [-0.1, -0.05) is 6.07 Å². The summed E-state index contributed by atoms with van der Waals surface area (Å²) in [5.74, 6) is 0.929. The van der Waals surface area contributed by atoms with Crippen LogP contribution in [0.15, 0.2) is 48.8 Å². The van der Waals surface area contributed by atoms with Crippen LogP contribution in [0.5, 0.6) is 5.88 Å². The van der Waals surface area contributed by atoms with Crippen LogP contribution >= 0.6 is 0 Å². The van der Waals surface area contributed by atoms with Gasteiger partial charge >= 0.3 is 6.18 Å². The molecule has 0 aliphatic heterocycles. The molecule has 27 heavy (non-hydrogen) atoms. The molecular weight excluding hydrogens is 361 g/mol. The molecule has 0 unspecified atom stereocenters. The highest BCUT2D eigenvalue weighted by atomic mass is 19.4. The lowest BCUT2D eigenvalue weighted by Gasteiger charge is -2.08. The quantitative estimate of drug-likeness (QED) is 0.549. The van der Waals surface area contributed by atoms with Crippen molar-refractivity contribution in [2.75, 3.05) is 7.11 Å². The molecule has 4 rings (SSSR count). The number of halogens is 3. The van der Waals surface area contributed by atoms with Crippen molar-refractivity contribution in [1.82, 2.24) is 29.7 Å². The Bertz CT molecular complexity index is 1090. The Hall–Kier alpha value is -3.56. The van der Waals surface area contributed by atoms with E-state index in [2.05, 4.69) is 25.1 Å². The van der Waals surface area contributed by atoms with Gasteiger partial charge in [-0.25, -0.2) is 9.97 Å². The van der Waals surface area contributed by atoms with E-state index in [1.807, 2.05) is 0 Å². The molecule has 136 valence electrons. The number of imidazole rings is 1. The first-order valence-corrected chi connectivity index (χ1v) is 7.72. The second kappa shape index (κ2) is 6.31. The predicted octanol–water partition coefficient (Wildman–Crippen LogP) is 3.30. The smallest absolute Gasteiger partial charge is 0.417 e. The fraction of sp³-hybridized carbons (Fsp3) is 0.118. The van der Waals surface area contributed by atoms with E-state index < -0.39 is 11.7 Å². The summed E-state index contributed by atoms with van der Waals surface area (Å²) in [7, 11) is 1.45.